The first-order valence-electron chi connectivity index (χ1n) is 8.00. The molecule has 0 radical (unpaired) electrons. The van der Waals surface area contributed by atoms with Crippen LogP contribution in [0.2, 0.25) is 0 Å². The number of carboxylic acids is 1. The van der Waals surface area contributed by atoms with E-state index in [0.29, 0.717) is 24.3 Å². The van der Waals surface area contributed by atoms with Crippen LogP contribution in [0, 0.1) is 0 Å². The highest BCUT2D eigenvalue weighted by atomic mass is 16.4. The first-order valence-corrected chi connectivity index (χ1v) is 8.00. The third kappa shape index (κ3) is 4.06. The van der Waals surface area contributed by atoms with Crippen LogP contribution < -0.4 is 5.32 Å². The number of carboxylic acid groups (broad SMARTS) is 1. The van der Waals surface area contributed by atoms with Crippen molar-refractivity contribution in [2.24, 2.45) is 0 Å². The summed E-state index contributed by atoms with van der Waals surface area (Å²) in [5, 5.41) is 11.5. The Labute approximate surface area is 144 Å². The van der Waals surface area contributed by atoms with E-state index in [2.05, 4.69) is 5.32 Å². The van der Waals surface area contributed by atoms with Crippen LogP contribution >= 0.6 is 0 Å². The number of nitrogens with one attached hydrogen (secondary N) is 1. The number of furan rings is 1. The summed E-state index contributed by atoms with van der Waals surface area (Å²) < 4.78 is 5.08. The third-order valence-corrected chi connectivity index (χ3v) is 4.06. The maximum atomic E-state index is 12.1. The molecule has 1 saturated heterocycles. The minimum absolute atomic E-state index is 0.107. The predicted octanol–water partition coefficient (Wildman–Crippen LogP) is 2.03. The van der Waals surface area contributed by atoms with Crippen LogP contribution in [-0.4, -0.2) is 34.3 Å². The van der Waals surface area contributed by atoms with Gasteiger partial charge in [0.05, 0.1) is 6.54 Å². The van der Waals surface area contributed by atoms with Crippen molar-refractivity contribution in [3.05, 3.63) is 59.0 Å². The minimum atomic E-state index is -1.15. The van der Waals surface area contributed by atoms with E-state index in [-0.39, 0.29) is 24.1 Å². The summed E-state index contributed by atoms with van der Waals surface area (Å²) in [6.07, 6.45) is 1.51. The molecule has 0 spiro atoms. The Bertz CT molecular complexity index is 794. The molecule has 7 heteroatoms. The zero-order chi connectivity index (χ0) is 17.8. The monoisotopic (exact) mass is 342 g/mol. The molecule has 2 N–H and O–H groups in total. The van der Waals surface area contributed by atoms with Gasteiger partial charge in [0.15, 0.2) is 0 Å². The molecule has 0 unspecified atom stereocenters. The molecule has 1 aromatic heterocycles. The Balaban J connectivity index is 1.54. The van der Waals surface area contributed by atoms with Crippen molar-refractivity contribution in [1.82, 2.24) is 10.2 Å². The lowest BCUT2D eigenvalue weighted by Gasteiger charge is -2.15. The SMILES string of the molecule is O=C(NCc1ccc(C(=O)O)o1)c1ccc(CN2CCCC2=O)cc1. The van der Waals surface area contributed by atoms with Crippen molar-refractivity contribution in [3.63, 3.8) is 0 Å². The smallest absolute Gasteiger partial charge is 0.371 e. The van der Waals surface area contributed by atoms with E-state index >= 15 is 0 Å². The molecule has 2 heterocycles. The molecule has 25 heavy (non-hydrogen) atoms. The van der Waals surface area contributed by atoms with Crippen LogP contribution in [-0.2, 0) is 17.9 Å². The van der Waals surface area contributed by atoms with Gasteiger partial charge in [-0.15, -0.1) is 0 Å². The maximum Gasteiger partial charge on any atom is 0.371 e. The number of hydrogen-bond donors (Lipinski definition) is 2. The fourth-order valence-corrected chi connectivity index (χ4v) is 2.71. The zero-order valence-electron chi connectivity index (χ0n) is 13.5. The molecular formula is C18H18N2O5. The van der Waals surface area contributed by atoms with Crippen molar-refractivity contribution < 1.29 is 23.9 Å². The summed E-state index contributed by atoms with van der Waals surface area (Å²) in [4.78, 5) is 36.3. The van der Waals surface area contributed by atoms with E-state index in [0.717, 1.165) is 18.5 Å². The van der Waals surface area contributed by atoms with Crippen molar-refractivity contribution in [2.75, 3.05) is 6.54 Å². The Morgan fingerprint density at radius 3 is 2.52 bits per heavy atom. The summed E-state index contributed by atoms with van der Waals surface area (Å²) in [7, 11) is 0. The van der Waals surface area contributed by atoms with Crippen LogP contribution in [0.5, 0.6) is 0 Å². The van der Waals surface area contributed by atoms with E-state index in [1.165, 1.54) is 12.1 Å². The van der Waals surface area contributed by atoms with Gasteiger partial charge in [0.1, 0.15) is 5.76 Å². The standard InChI is InChI=1S/C18H18N2O5/c21-16-2-1-9-20(16)11-12-3-5-13(6-4-12)17(22)19-10-14-7-8-15(25-14)18(23)24/h3-8H,1-2,9-11H2,(H,19,22)(H,23,24). The summed E-state index contributed by atoms with van der Waals surface area (Å²) in [6.45, 7) is 1.45. The van der Waals surface area contributed by atoms with E-state index in [4.69, 9.17) is 9.52 Å². The Morgan fingerprint density at radius 1 is 1.16 bits per heavy atom. The van der Waals surface area contributed by atoms with Crippen molar-refractivity contribution in [1.29, 1.82) is 0 Å². The summed E-state index contributed by atoms with van der Waals surface area (Å²) in [5.41, 5.74) is 1.46. The minimum Gasteiger partial charge on any atom is -0.475 e. The zero-order valence-corrected chi connectivity index (χ0v) is 13.5. The Hall–Kier alpha value is -3.09. The highest BCUT2D eigenvalue weighted by Crippen LogP contribution is 2.15. The van der Waals surface area contributed by atoms with E-state index in [9.17, 15) is 14.4 Å². The molecule has 3 rings (SSSR count). The number of nitrogens with zero attached hydrogens (tertiary/aromatic N) is 1. The Morgan fingerprint density at radius 2 is 1.92 bits per heavy atom. The van der Waals surface area contributed by atoms with E-state index in [1.807, 2.05) is 17.0 Å². The van der Waals surface area contributed by atoms with E-state index in [1.54, 1.807) is 12.1 Å². The molecule has 7 nitrogen and oxygen atoms in total. The number of likely N-dealkylation sites (tertiary alicyclic amines) is 1. The number of carbonyl (C=O) groups excluding carboxylic acids is 2. The number of aromatic carboxylic acids is 1. The van der Waals surface area contributed by atoms with Gasteiger partial charge in [-0.1, -0.05) is 12.1 Å². The molecule has 2 aromatic rings. The van der Waals surface area contributed by atoms with Gasteiger partial charge in [-0.05, 0) is 36.2 Å². The third-order valence-electron chi connectivity index (χ3n) is 4.06. The van der Waals surface area contributed by atoms with Crippen LogP contribution in [0.25, 0.3) is 0 Å². The molecule has 130 valence electrons. The van der Waals surface area contributed by atoms with Gasteiger partial charge in [-0.3, -0.25) is 9.59 Å². The molecule has 0 atom stereocenters. The predicted molar refractivity (Wildman–Crippen MR) is 87.9 cm³/mol. The molecule has 0 saturated carbocycles. The number of amides is 2. The maximum absolute atomic E-state index is 12.1. The van der Waals surface area contributed by atoms with Gasteiger partial charge in [0, 0.05) is 25.1 Å². The van der Waals surface area contributed by atoms with Crippen LogP contribution in [0.3, 0.4) is 0 Å². The molecule has 1 fully saturated rings. The van der Waals surface area contributed by atoms with Crippen LogP contribution in [0.1, 0.15) is 45.1 Å². The van der Waals surface area contributed by atoms with Gasteiger partial charge in [-0.2, -0.15) is 0 Å². The van der Waals surface area contributed by atoms with Crippen LogP contribution in [0.4, 0.5) is 0 Å². The molecule has 1 aliphatic rings. The molecule has 0 bridgehead atoms. The molecule has 0 aliphatic carbocycles. The Kier molecular flexibility index (Phi) is 4.83. The van der Waals surface area contributed by atoms with Gasteiger partial charge >= 0.3 is 5.97 Å². The second kappa shape index (κ2) is 7.21. The van der Waals surface area contributed by atoms with Gasteiger partial charge in [-0.25, -0.2) is 4.79 Å². The quantitative estimate of drug-likeness (QED) is 0.837. The van der Waals surface area contributed by atoms with E-state index < -0.39 is 5.97 Å². The number of benzene rings is 1. The first kappa shape index (κ1) is 16.8. The average molecular weight is 342 g/mol. The molecular weight excluding hydrogens is 324 g/mol. The fourth-order valence-electron chi connectivity index (χ4n) is 2.71. The summed E-state index contributed by atoms with van der Waals surface area (Å²) in [6, 6.07) is 9.93. The summed E-state index contributed by atoms with van der Waals surface area (Å²) >= 11 is 0. The second-order valence-electron chi connectivity index (χ2n) is 5.87. The van der Waals surface area contributed by atoms with Gasteiger partial charge in [0.2, 0.25) is 11.7 Å². The van der Waals surface area contributed by atoms with Gasteiger partial charge in [0.25, 0.3) is 5.91 Å². The average Bonchev–Trinajstić information content (AvgIpc) is 3.23. The largest absolute Gasteiger partial charge is 0.475 e. The molecule has 2 amide bonds. The lowest BCUT2D eigenvalue weighted by molar-refractivity contribution is -0.128. The number of carbonyl (C=O) groups is 3. The topological polar surface area (TPSA) is 99.8 Å². The fraction of sp³-hybridized carbons (Fsp3) is 0.278. The molecule has 1 aromatic carbocycles. The number of hydrogen-bond acceptors (Lipinski definition) is 4. The first-order chi connectivity index (χ1) is 12.0. The lowest BCUT2D eigenvalue weighted by Crippen LogP contribution is -2.24. The lowest BCUT2D eigenvalue weighted by atomic mass is 10.1. The van der Waals surface area contributed by atoms with Crippen molar-refractivity contribution in [3.8, 4) is 0 Å². The number of rotatable bonds is 6. The highest BCUT2D eigenvalue weighted by Gasteiger charge is 2.20. The van der Waals surface area contributed by atoms with Crippen molar-refractivity contribution >= 4 is 17.8 Å². The van der Waals surface area contributed by atoms with Crippen LogP contribution in [0.15, 0.2) is 40.8 Å². The molecule has 1 aliphatic heterocycles. The highest BCUT2D eigenvalue weighted by molar-refractivity contribution is 5.94. The summed E-state index contributed by atoms with van der Waals surface area (Å²) in [5.74, 6) is -1.05. The van der Waals surface area contributed by atoms with Crippen molar-refractivity contribution in [2.45, 2.75) is 25.9 Å². The normalized spacial score (nSPS) is 13.9. The second-order valence-corrected chi connectivity index (χ2v) is 5.87. The van der Waals surface area contributed by atoms with Gasteiger partial charge < -0.3 is 19.7 Å².